The van der Waals surface area contributed by atoms with Crippen molar-refractivity contribution in [3.8, 4) is 0 Å². The van der Waals surface area contributed by atoms with Crippen molar-refractivity contribution >= 4 is 0 Å². The predicted molar refractivity (Wildman–Crippen MR) is 123 cm³/mol. The number of aliphatic hydroxyl groups is 2. The van der Waals surface area contributed by atoms with Gasteiger partial charge in [-0.15, -0.1) is 0 Å². The molecule has 164 valence electrons. The van der Waals surface area contributed by atoms with Gasteiger partial charge in [-0.3, -0.25) is 0 Å². The lowest BCUT2D eigenvalue weighted by Gasteiger charge is -2.44. The van der Waals surface area contributed by atoms with Crippen molar-refractivity contribution in [1.82, 2.24) is 0 Å². The second kappa shape index (κ2) is 9.10. The van der Waals surface area contributed by atoms with Gasteiger partial charge in [0.25, 0.3) is 0 Å². The minimum Gasteiger partial charge on any atom is -0.393 e. The predicted octanol–water partition coefficient (Wildman–Crippen LogP) is 6.73. The lowest BCUT2D eigenvalue weighted by molar-refractivity contribution is 0.0596. The Kier molecular flexibility index (Phi) is 7.16. The Balaban J connectivity index is 1.68. The molecule has 0 amide bonds. The van der Waals surface area contributed by atoms with Gasteiger partial charge in [-0.05, 0) is 100 Å². The van der Waals surface area contributed by atoms with Gasteiger partial charge in [-0.2, -0.15) is 0 Å². The average Bonchev–Trinajstić information content (AvgIpc) is 2.99. The minimum atomic E-state index is -0.535. The Labute approximate surface area is 179 Å². The zero-order valence-electron chi connectivity index (χ0n) is 19.3. The fourth-order valence-corrected chi connectivity index (χ4v) is 6.67. The van der Waals surface area contributed by atoms with E-state index in [0.29, 0.717) is 5.41 Å². The van der Waals surface area contributed by atoms with Crippen molar-refractivity contribution in [1.29, 1.82) is 0 Å². The molecular formula is C27H44O2. The summed E-state index contributed by atoms with van der Waals surface area (Å²) in [6, 6.07) is 0. The monoisotopic (exact) mass is 402 g/mol. The normalized spacial score (nSPS) is 37.2. The molecule has 0 aromatic heterocycles. The summed E-state index contributed by atoms with van der Waals surface area (Å²) in [6.45, 7) is 13.1. The largest absolute Gasteiger partial charge is 0.393 e. The molecule has 5 atom stereocenters. The van der Waals surface area contributed by atoms with Crippen molar-refractivity contribution in [3.05, 3.63) is 35.5 Å². The summed E-state index contributed by atoms with van der Waals surface area (Å²) < 4.78 is 0. The molecule has 0 unspecified atom stereocenters. The summed E-state index contributed by atoms with van der Waals surface area (Å²) in [5.74, 6) is 2.26. The zero-order valence-corrected chi connectivity index (χ0v) is 19.3. The molecule has 3 aliphatic carbocycles. The standard InChI is InChI=1S/C27H44O2/c1-19-10-13-23(28)18-22(19)12-11-21-9-7-17-27(5)24(14-15-25(21)27)20(2)8-6-16-26(3,4)29/h11-12,20,23-25,28-29H,1,6-10,13-18H2,2-5H3/b21-11+,22-12+/t20-,23+,24-,25+,27-/m1/s1/i1+1,9+1. The maximum Gasteiger partial charge on any atom is 0.0591 e. The highest BCUT2D eigenvalue weighted by molar-refractivity contribution is 5.36. The van der Waals surface area contributed by atoms with E-state index in [1.165, 1.54) is 49.7 Å². The molecule has 0 radical (unpaired) electrons. The smallest absolute Gasteiger partial charge is 0.0591 e. The number of allylic oxidation sites excluding steroid dienone is 4. The van der Waals surface area contributed by atoms with E-state index in [9.17, 15) is 10.2 Å². The molecule has 0 heterocycles. The lowest BCUT2D eigenvalue weighted by Crippen LogP contribution is -2.36. The Morgan fingerprint density at radius 3 is 2.69 bits per heavy atom. The molecule has 0 aromatic rings. The fraction of sp³-hybridized carbons (Fsp3) is 0.778. The van der Waals surface area contributed by atoms with Crippen LogP contribution < -0.4 is 0 Å². The molecular weight excluding hydrogens is 358 g/mol. The molecule has 2 nitrogen and oxygen atoms in total. The molecule has 2 heteroatoms. The Bertz CT molecular complexity index is 650. The molecule has 0 aromatic carbocycles. The topological polar surface area (TPSA) is 40.5 Å². The number of rotatable bonds is 6. The van der Waals surface area contributed by atoms with Crippen LogP contribution in [0.15, 0.2) is 35.5 Å². The van der Waals surface area contributed by atoms with Crippen LogP contribution in [-0.2, 0) is 0 Å². The third kappa shape index (κ3) is 5.44. The first-order chi connectivity index (χ1) is 13.6. The van der Waals surface area contributed by atoms with Crippen LogP contribution in [0.25, 0.3) is 0 Å². The van der Waals surface area contributed by atoms with Crippen LogP contribution in [0.5, 0.6) is 0 Å². The minimum absolute atomic E-state index is 0.192. The Morgan fingerprint density at radius 1 is 1.21 bits per heavy atom. The SMILES string of the molecule is C[C@H](CCCC(C)(C)O)[C@H]1CC[C@H]2/C(=C/C=C3\C[C@@H](O)CCC3=[13CH2])[13CH2]CC[C@]12C. The third-order valence-corrected chi connectivity index (χ3v) is 8.36. The highest BCUT2D eigenvalue weighted by atomic mass is 16.3. The maximum absolute atomic E-state index is 10.0. The van der Waals surface area contributed by atoms with Gasteiger partial charge in [-0.25, -0.2) is 0 Å². The second-order valence-corrected chi connectivity index (χ2v) is 11.2. The summed E-state index contributed by atoms with van der Waals surface area (Å²) in [6.07, 6.45) is 16.9. The summed E-state index contributed by atoms with van der Waals surface area (Å²) in [5.41, 5.74) is 4.02. The second-order valence-electron chi connectivity index (χ2n) is 11.2. The van der Waals surface area contributed by atoms with Gasteiger partial charge < -0.3 is 10.2 Å². The van der Waals surface area contributed by atoms with Crippen LogP contribution >= 0.6 is 0 Å². The molecule has 3 saturated carbocycles. The fourth-order valence-electron chi connectivity index (χ4n) is 6.67. The molecule has 3 rings (SSSR count). The van der Waals surface area contributed by atoms with E-state index in [0.717, 1.165) is 49.9 Å². The van der Waals surface area contributed by atoms with E-state index in [1.807, 2.05) is 13.8 Å². The van der Waals surface area contributed by atoms with Gasteiger partial charge in [-0.1, -0.05) is 56.6 Å². The van der Waals surface area contributed by atoms with Gasteiger partial charge in [0.05, 0.1) is 11.7 Å². The first-order valence-corrected chi connectivity index (χ1v) is 12.1. The van der Waals surface area contributed by atoms with Gasteiger partial charge in [0.1, 0.15) is 0 Å². The highest BCUT2D eigenvalue weighted by Crippen LogP contribution is 2.60. The quantitative estimate of drug-likeness (QED) is 0.483. The lowest BCUT2D eigenvalue weighted by atomic mass is 9.63. The molecule has 3 aliphatic rings. The molecule has 0 bridgehead atoms. The van der Waals surface area contributed by atoms with Crippen LogP contribution in [0.3, 0.4) is 0 Å². The first kappa shape index (κ1) is 22.8. The van der Waals surface area contributed by atoms with E-state index in [1.54, 1.807) is 5.57 Å². The number of hydrogen-bond acceptors (Lipinski definition) is 2. The molecule has 0 spiro atoms. The number of hydrogen-bond donors (Lipinski definition) is 2. The molecule has 0 saturated heterocycles. The average molecular weight is 403 g/mol. The summed E-state index contributed by atoms with van der Waals surface area (Å²) in [5, 5.41) is 20.1. The van der Waals surface area contributed by atoms with Gasteiger partial charge in [0, 0.05) is 0 Å². The summed E-state index contributed by atoms with van der Waals surface area (Å²) >= 11 is 0. The van der Waals surface area contributed by atoms with E-state index in [4.69, 9.17) is 0 Å². The van der Waals surface area contributed by atoms with E-state index >= 15 is 0 Å². The van der Waals surface area contributed by atoms with Crippen LogP contribution in [0.2, 0.25) is 0 Å². The van der Waals surface area contributed by atoms with Crippen LogP contribution in [0.1, 0.15) is 98.3 Å². The highest BCUT2D eigenvalue weighted by Gasteiger charge is 2.50. The summed E-state index contributed by atoms with van der Waals surface area (Å²) in [4.78, 5) is 0. The van der Waals surface area contributed by atoms with Crippen molar-refractivity contribution in [3.63, 3.8) is 0 Å². The van der Waals surface area contributed by atoms with Crippen molar-refractivity contribution in [2.45, 2.75) is 110 Å². The van der Waals surface area contributed by atoms with Crippen molar-refractivity contribution in [2.24, 2.45) is 23.2 Å². The molecule has 0 aliphatic heterocycles. The molecule has 29 heavy (non-hydrogen) atoms. The van der Waals surface area contributed by atoms with Gasteiger partial charge in [0.15, 0.2) is 0 Å². The van der Waals surface area contributed by atoms with Crippen LogP contribution in [0, 0.1) is 23.2 Å². The van der Waals surface area contributed by atoms with Crippen LogP contribution in [-0.4, -0.2) is 21.9 Å². The van der Waals surface area contributed by atoms with E-state index in [-0.39, 0.29) is 6.10 Å². The third-order valence-electron chi connectivity index (χ3n) is 8.36. The van der Waals surface area contributed by atoms with Crippen LogP contribution in [0.4, 0.5) is 0 Å². The Hall–Kier alpha value is -0.860. The molecule has 3 fully saturated rings. The molecule has 2 N–H and O–H groups in total. The zero-order chi connectivity index (χ0) is 21.2. The van der Waals surface area contributed by atoms with E-state index in [2.05, 4.69) is 32.6 Å². The first-order valence-electron chi connectivity index (χ1n) is 12.1. The van der Waals surface area contributed by atoms with Crippen molar-refractivity contribution < 1.29 is 10.2 Å². The summed E-state index contributed by atoms with van der Waals surface area (Å²) in [7, 11) is 0. The Morgan fingerprint density at radius 2 is 1.97 bits per heavy atom. The van der Waals surface area contributed by atoms with Gasteiger partial charge in [0.2, 0.25) is 0 Å². The van der Waals surface area contributed by atoms with E-state index < -0.39 is 5.60 Å². The number of fused-ring (bicyclic) bond motifs is 1. The maximum atomic E-state index is 10.0. The van der Waals surface area contributed by atoms with Gasteiger partial charge >= 0.3 is 0 Å². The number of aliphatic hydroxyl groups excluding tert-OH is 1. The van der Waals surface area contributed by atoms with Crippen molar-refractivity contribution in [2.75, 3.05) is 0 Å².